The van der Waals surface area contributed by atoms with Gasteiger partial charge in [0.15, 0.2) is 9.84 Å². The van der Waals surface area contributed by atoms with Gasteiger partial charge in [-0.15, -0.1) is 0 Å². The number of ether oxygens (including phenoxy) is 1. The number of nitrogens with zero attached hydrogens (tertiary/aromatic N) is 1. The van der Waals surface area contributed by atoms with Crippen molar-refractivity contribution in [3.63, 3.8) is 0 Å². The summed E-state index contributed by atoms with van der Waals surface area (Å²) in [6, 6.07) is 0. The standard InChI is InChI=1S/C14H25NO4S/c1-3-19-13(16)11-14(15-9-4-5-10-15)8-6-7-12(14)20(2,17)18/h12H,3-11H2,1-2H3. The number of sulfone groups is 1. The molecule has 0 N–H and O–H groups in total. The first-order chi connectivity index (χ1) is 9.40. The summed E-state index contributed by atoms with van der Waals surface area (Å²) in [5, 5.41) is -0.433. The van der Waals surface area contributed by atoms with Crippen LogP contribution in [0.25, 0.3) is 0 Å². The van der Waals surface area contributed by atoms with E-state index in [0.29, 0.717) is 13.0 Å². The van der Waals surface area contributed by atoms with Crippen LogP contribution in [0.5, 0.6) is 0 Å². The van der Waals surface area contributed by atoms with E-state index in [9.17, 15) is 13.2 Å². The van der Waals surface area contributed by atoms with Crippen LogP contribution in [0, 0.1) is 0 Å². The van der Waals surface area contributed by atoms with E-state index in [4.69, 9.17) is 4.74 Å². The SMILES string of the molecule is CCOC(=O)CC1(N2CCCC2)CCCC1S(C)(=O)=O. The van der Waals surface area contributed by atoms with Crippen LogP contribution in [0.2, 0.25) is 0 Å². The van der Waals surface area contributed by atoms with Gasteiger partial charge in [0.05, 0.1) is 18.3 Å². The van der Waals surface area contributed by atoms with Gasteiger partial charge in [0.1, 0.15) is 0 Å². The second-order valence-corrected chi connectivity index (χ2v) is 8.22. The minimum atomic E-state index is -3.16. The highest BCUT2D eigenvalue weighted by Gasteiger charge is 2.53. The first-order valence-corrected chi connectivity index (χ1v) is 9.45. The number of hydrogen-bond donors (Lipinski definition) is 0. The molecular weight excluding hydrogens is 278 g/mol. The molecule has 1 saturated carbocycles. The number of carbonyl (C=O) groups is 1. The van der Waals surface area contributed by atoms with Crippen LogP contribution in [0.4, 0.5) is 0 Å². The molecule has 0 aromatic heterocycles. The topological polar surface area (TPSA) is 63.7 Å². The van der Waals surface area contributed by atoms with Crippen LogP contribution < -0.4 is 0 Å². The first-order valence-electron chi connectivity index (χ1n) is 7.49. The van der Waals surface area contributed by atoms with E-state index >= 15 is 0 Å². The van der Waals surface area contributed by atoms with Crippen LogP contribution >= 0.6 is 0 Å². The summed E-state index contributed by atoms with van der Waals surface area (Å²) in [5.41, 5.74) is -0.531. The van der Waals surface area contributed by atoms with Crippen LogP contribution in [0.15, 0.2) is 0 Å². The number of hydrogen-bond acceptors (Lipinski definition) is 5. The van der Waals surface area contributed by atoms with Gasteiger partial charge in [-0.25, -0.2) is 8.42 Å². The highest BCUT2D eigenvalue weighted by Crippen LogP contribution is 2.43. The molecule has 1 aliphatic carbocycles. The molecule has 20 heavy (non-hydrogen) atoms. The Labute approximate surface area is 121 Å². The zero-order chi connectivity index (χ0) is 14.8. The van der Waals surface area contributed by atoms with Gasteiger partial charge in [-0.1, -0.05) is 6.42 Å². The molecule has 0 aromatic rings. The Morgan fingerprint density at radius 3 is 2.50 bits per heavy atom. The summed E-state index contributed by atoms with van der Waals surface area (Å²) >= 11 is 0. The lowest BCUT2D eigenvalue weighted by Crippen LogP contribution is -2.56. The Morgan fingerprint density at radius 1 is 1.30 bits per heavy atom. The average molecular weight is 303 g/mol. The number of carbonyl (C=O) groups excluding carboxylic acids is 1. The van der Waals surface area contributed by atoms with Crippen molar-refractivity contribution in [2.24, 2.45) is 0 Å². The van der Waals surface area contributed by atoms with E-state index in [1.54, 1.807) is 6.92 Å². The molecule has 5 nitrogen and oxygen atoms in total. The summed E-state index contributed by atoms with van der Waals surface area (Å²) in [6.07, 6.45) is 5.99. The molecule has 2 atom stereocenters. The summed E-state index contributed by atoms with van der Waals surface area (Å²) in [4.78, 5) is 14.2. The number of esters is 1. The fourth-order valence-corrected chi connectivity index (χ4v) is 5.68. The zero-order valence-corrected chi connectivity index (χ0v) is 13.2. The molecule has 2 rings (SSSR count). The van der Waals surface area contributed by atoms with E-state index in [2.05, 4.69) is 4.90 Å². The largest absolute Gasteiger partial charge is 0.466 e. The molecule has 0 aromatic carbocycles. The Hall–Kier alpha value is -0.620. The molecule has 1 saturated heterocycles. The van der Waals surface area contributed by atoms with Crippen molar-refractivity contribution in [1.29, 1.82) is 0 Å². The summed E-state index contributed by atoms with van der Waals surface area (Å²) in [6.45, 7) is 3.92. The van der Waals surface area contributed by atoms with Crippen molar-refractivity contribution < 1.29 is 17.9 Å². The first kappa shape index (κ1) is 15.8. The van der Waals surface area contributed by atoms with Gasteiger partial charge in [0.25, 0.3) is 0 Å². The lowest BCUT2D eigenvalue weighted by atomic mass is 9.90. The molecule has 0 spiro atoms. The van der Waals surface area contributed by atoms with Gasteiger partial charge in [-0.2, -0.15) is 0 Å². The van der Waals surface area contributed by atoms with Crippen molar-refractivity contribution in [1.82, 2.24) is 4.90 Å². The van der Waals surface area contributed by atoms with E-state index in [1.807, 2.05) is 0 Å². The second kappa shape index (κ2) is 6.02. The van der Waals surface area contributed by atoms with Crippen LogP contribution in [0.1, 0.15) is 45.4 Å². The van der Waals surface area contributed by atoms with Crippen LogP contribution in [-0.2, 0) is 19.4 Å². The molecule has 116 valence electrons. The second-order valence-electron chi connectivity index (χ2n) is 5.99. The molecule has 1 heterocycles. The monoisotopic (exact) mass is 303 g/mol. The molecule has 1 aliphatic heterocycles. The van der Waals surface area contributed by atoms with E-state index < -0.39 is 20.6 Å². The summed E-state index contributed by atoms with van der Waals surface area (Å²) in [5.74, 6) is -0.269. The lowest BCUT2D eigenvalue weighted by molar-refractivity contribution is -0.146. The third kappa shape index (κ3) is 3.01. The van der Waals surface area contributed by atoms with Gasteiger partial charge in [-0.05, 0) is 45.7 Å². The molecular formula is C14H25NO4S. The molecule has 6 heteroatoms. The van der Waals surface area contributed by atoms with Crippen molar-refractivity contribution in [2.75, 3.05) is 26.0 Å². The molecule has 2 unspecified atom stereocenters. The molecule has 0 bridgehead atoms. The Bertz CT molecular complexity index is 456. The van der Waals surface area contributed by atoms with Gasteiger partial charge < -0.3 is 4.74 Å². The van der Waals surface area contributed by atoms with Gasteiger partial charge in [0.2, 0.25) is 0 Å². The minimum Gasteiger partial charge on any atom is -0.466 e. The lowest BCUT2D eigenvalue weighted by Gasteiger charge is -2.42. The average Bonchev–Trinajstić information content (AvgIpc) is 2.95. The highest BCUT2D eigenvalue weighted by atomic mass is 32.2. The van der Waals surface area contributed by atoms with Crippen molar-refractivity contribution in [2.45, 2.75) is 56.2 Å². The molecule has 0 radical (unpaired) electrons. The molecule has 0 amide bonds. The van der Waals surface area contributed by atoms with E-state index in [-0.39, 0.29) is 12.4 Å². The fraction of sp³-hybridized carbons (Fsp3) is 0.929. The van der Waals surface area contributed by atoms with Gasteiger partial charge >= 0.3 is 5.97 Å². The van der Waals surface area contributed by atoms with Crippen molar-refractivity contribution in [3.8, 4) is 0 Å². The fourth-order valence-electron chi connectivity index (χ4n) is 3.94. The third-order valence-corrected chi connectivity index (χ3v) is 6.39. The summed E-state index contributed by atoms with van der Waals surface area (Å²) in [7, 11) is -3.16. The smallest absolute Gasteiger partial charge is 0.307 e. The quantitative estimate of drug-likeness (QED) is 0.718. The zero-order valence-electron chi connectivity index (χ0n) is 12.4. The summed E-state index contributed by atoms with van der Waals surface area (Å²) < 4.78 is 29.4. The Kier molecular flexibility index (Phi) is 4.74. The maximum atomic E-state index is 12.2. The van der Waals surface area contributed by atoms with E-state index in [1.165, 1.54) is 6.26 Å². The van der Waals surface area contributed by atoms with Gasteiger partial charge in [0, 0.05) is 11.8 Å². The third-order valence-electron chi connectivity index (χ3n) is 4.68. The predicted molar refractivity (Wildman–Crippen MR) is 77.3 cm³/mol. The maximum Gasteiger partial charge on any atom is 0.307 e. The van der Waals surface area contributed by atoms with Crippen molar-refractivity contribution in [3.05, 3.63) is 0 Å². The maximum absolute atomic E-state index is 12.2. The van der Waals surface area contributed by atoms with Crippen LogP contribution in [-0.4, -0.2) is 56.0 Å². The predicted octanol–water partition coefficient (Wildman–Crippen LogP) is 1.37. The number of likely N-dealkylation sites (tertiary alicyclic amines) is 1. The van der Waals surface area contributed by atoms with Crippen molar-refractivity contribution >= 4 is 15.8 Å². The Balaban J connectivity index is 2.30. The minimum absolute atomic E-state index is 0.207. The van der Waals surface area contributed by atoms with Gasteiger partial charge in [-0.3, -0.25) is 9.69 Å². The molecule has 2 fully saturated rings. The molecule has 2 aliphatic rings. The number of rotatable bonds is 5. The van der Waals surface area contributed by atoms with E-state index in [0.717, 1.165) is 38.8 Å². The Morgan fingerprint density at radius 2 is 1.95 bits per heavy atom. The highest BCUT2D eigenvalue weighted by molar-refractivity contribution is 7.91. The normalized spacial score (nSPS) is 31.6. The van der Waals surface area contributed by atoms with Crippen LogP contribution in [0.3, 0.4) is 0 Å².